The van der Waals surface area contributed by atoms with Gasteiger partial charge in [-0.25, -0.2) is 9.18 Å². The van der Waals surface area contributed by atoms with E-state index in [1.165, 1.54) is 19.2 Å². The van der Waals surface area contributed by atoms with Crippen molar-refractivity contribution >= 4 is 12.1 Å². The molecule has 0 aliphatic carbocycles. The summed E-state index contributed by atoms with van der Waals surface area (Å²) in [7, 11) is 1.33. The maximum absolute atomic E-state index is 13.8. The minimum Gasteiger partial charge on any atom is -0.494 e. The second-order valence-electron chi connectivity index (χ2n) is 5.25. The summed E-state index contributed by atoms with van der Waals surface area (Å²) in [5.74, 6) is -1.75. The first-order valence-corrected chi connectivity index (χ1v) is 7.52. The second kappa shape index (κ2) is 8.68. The molecule has 0 spiro atoms. The molecular weight excluding hydrogens is 329 g/mol. The van der Waals surface area contributed by atoms with Gasteiger partial charge < -0.3 is 19.9 Å². The SMILES string of the molecule is COc1ccc([C@@H](CC(=O)O)NC(=O)OCc2ccccc2)cc1F. The van der Waals surface area contributed by atoms with Gasteiger partial charge in [0.25, 0.3) is 0 Å². The number of alkyl carbamates (subject to hydrolysis) is 1. The number of carbonyl (C=O) groups excluding carboxylic acids is 1. The average Bonchev–Trinajstić information content (AvgIpc) is 2.60. The maximum Gasteiger partial charge on any atom is 0.407 e. The molecule has 25 heavy (non-hydrogen) atoms. The number of rotatable bonds is 7. The Morgan fingerprint density at radius 3 is 2.52 bits per heavy atom. The zero-order valence-electron chi connectivity index (χ0n) is 13.6. The van der Waals surface area contributed by atoms with Crippen molar-refractivity contribution < 1.29 is 28.6 Å². The van der Waals surface area contributed by atoms with Crippen molar-refractivity contribution in [1.82, 2.24) is 5.32 Å². The van der Waals surface area contributed by atoms with E-state index in [4.69, 9.17) is 14.6 Å². The van der Waals surface area contributed by atoms with Crippen LogP contribution in [0.25, 0.3) is 0 Å². The molecule has 0 fully saturated rings. The summed E-state index contributed by atoms with van der Waals surface area (Å²) in [4.78, 5) is 23.0. The molecule has 2 aromatic rings. The fraction of sp³-hybridized carbons (Fsp3) is 0.222. The molecule has 0 aliphatic heterocycles. The molecule has 0 bridgehead atoms. The number of methoxy groups -OCH3 is 1. The van der Waals surface area contributed by atoms with Crippen molar-refractivity contribution in [2.24, 2.45) is 0 Å². The van der Waals surface area contributed by atoms with E-state index in [0.717, 1.165) is 11.6 Å². The Kier molecular flexibility index (Phi) is 6.33. The highest BCUT2D eigenvalue weighted by Gasteiger charge is 2.20. The Morgan fingerprint density at radius 2 is 1.92 bits per heavy atom. The standard InChI is InChI=1S/C18H18FNO5/c1-24-16-8-7-13(9-14(16)19)15(10-17(21)22)20-18(23)25-11-12-5-3-2-4-6-12/h2-9,15H,10-11H2,1H3,(H,20,23)(H,21,22)/t15-/m1/s1. The van der Waals surface area contributed by atoms with Gasteiger partial charge in [0.1, 0.15) is 6.61 Å². The van der Waals surface area contributed by atoms with E-state index in [-0.39, 0.29) is 12.4 Å². The molecule has 132 valence electrons. The Balaban J connectivity index is 2.05. The van der Waals surface area contributed by atoms with Crippen LogP contribution < -0.4 is 10.1 Å². The number of halogens is 1. The number of carbonyl (C=O) groups is 2. The van der Waals surface area contributed by atoms with Crippen LogP contribution in [0, 0.1) is 5.82 Å². The normalized spacial score (nSPS) is 11.4. The highest BCUT2D eigenvalue weighted by atomic mass is 19.1. The van der Waals surface area contributed by atoms with Crippen LogP contribution in [0.5, 0.6) is 5.75 Å². The molecule has 0 radical (unpaired) electrons. The Bertz CT molecular complexity index is 736. The van der Waals surface area contributed by atoms with Crippen LogP contribution in [0.4, 0.5) is 9.18 Å². The third kappa shape index (κ3) is 5.49. The lowest BCUT2D eigenvalue weighted by atomic mass is 10.0. The molecule has 2 aromatic carbocycles. The van der Waals surface area contributed by atoms with E-state index in [1.807, 2.05) is 18.2 Å². The molecule has 1 atom stereocenters. The number of hydrogen-bond donors (Lipinski definition) is 2. The van der Waals surface area contributed by atoms with E-state index in [0.29, 0.717) is 5.56 Å². The van der Waals surface area contributed by atoms with E-state index < -0.39 is 30.3 Å². The number of hydrogen-bond acceptors (Lipinski definition) is 4. The summed E-state index contributed by atoms with van der Waals surface area (Å²) >= 11 is 0. The van der Waals surface area contributed by atoms with Gasteiger partial charge in [-0.2, -0.15) is 0 Å². The molecule has 2 N–H and O–H groups in total. The number of amides is 1. The van der Waals surface area contributed by atoms with Gasteiger partial charge in [0.05, 0.1) is 19.6 Å². The lowest BCUT2D eigenvalue weighted by molar-refractivity contribution is -0.137. The largest absolute Gasteiger partial charge is 0.494 e. The molecule has 7 heteroatoms. The number of aliphatic carboxylic acids is 1. The first kappa shape index (κ1) is 18.3. The number of carboxylic acid groups (broad SMARTS) is 1. The van der Waals surface area contributed by atoms with E-state index in [2.05, 4.69) is 5.32 Å². The minimum absolute atomic E-state index is 0.0319. The molecular formula is C18H18FNO5. The lowest BCUT2D eigenvalue weighted by Gasteiger charge is -2.18. The second-order valence-corrected chi connectivity index (χ2v) is 5.25. The van der Waals surface area contributed by atoms with Gasteiger partial charge in [-0.1, -0.05) is 36.4 Å². The summed E-state index contributed by atoms with van der Waals surface area (Å²) in [5.41, 5.74) is 1.10. The Hall–Kier alpha value is -3.09. The van der Waals surface area contributed by atoms with Crippen molar-refractivity contribution in [3.05, 3.63) is 65.5 Å². The van der Waals surface area contributed by atoms with Gasteiger partial charge in [0.15, 0.2) is 11.6 Å². The Morgan fingerprint density at radius 1 is 1.20 bits per heavy atom. The summed E-state index contributed by atoms with van der Waals surface area (Å²) in [6.45, 7) is 0.0451. The molecule has 0 heterocycles. The van der Waals surface area contributed by atoms with Crippen LogP contribution in [0.1, 0.15) is 23.6 Å². The molecule has 0 saturated heterocycles. The van der Waals surface area contributed by atoms with Gasteiger partial charge in [0, 0.05) is 0 Å². The Labute approximate surface area is 144 Å². The molecule has 1 amide bonds. The molecule has 0 aromatic heterocycles. The summed E-state index contributed by atoms with van der Waals surface area (Å²) in [6, 6.07) is 12.1. The molecule has 0 saturated carbocycles. The summed E-state index contributed by atoms with van der Waals surface area (Å²) in [6.07, 6.45) is -1.20. The van der Waals surface area contributed by atoms with Crippen molar-refractivity contribution in [1.29, 1.82) is 0 Å². The van der Waals surface area contributed by atoms with Crippen LogP contribution in [0.15, 0.2) is 48.5 Å². The zero-order chi connectivity index (χ0) is 18.2. The van der Waals surface area contributed by atoms with Crippen molar-refractivity contribution in [3.8, 4) is 5.75 Å². The van der Waals surface area contributed by atoms with Crippen LogP contribution in [-0.4, -0.2) is 24.3 Å². The van der Waals surface area contributed by atoms with Gasteiger partial charge in [-0.05, 0) is 23.3 Å². The third-order valence-corrected chi connectivity index (χ3v) is 3.46. The van der Waals surface area contributed by atoms with Crippen molar-refractivity contribution in [3.63, 3.8) is 0 Å². The fourth-order valence-corrected chi connectivity index (χ4v) is 2.23. The van der Waals surface area contributed by atoms with Gasteiger partial charge >= 0.3 is 12.1 Å². The predicted molar refractivity (Wildman–Crippen MR) is 87.7 cm³/mol. The van der Waals surface area contributed by atoms with Crippen LogP contribution in [-0.2, 0) is 16.1 Å². The van der Waals surface area contributed by atoms with Crippen molar-refractivity contribution in [2.75, 3.05) is 7.11 Å². The molecule has 6 nitrogen and oxygen atoms in total. The summed E-state index contributed by atoms with van der Waals surface area (Å²) in [5, 5.41) is 11.5. The average molecular weight is 347 g/mol. The lowest BCUT2D eigenvalue weighted by Crippen LogP contribution is -2.30. The van der Waals surface area contributed by atoms with E-state index >= 15 is 0 Å². The first-order valence-electron chi connectivity index (χ1n) is 7.52. The van der Waals surface area contributed by atoms with E-state index in [9.17, 15) is 14.0 Å². The smallest absolute Gasteiger partial charge is 0.407 e. The van der Waals surface area contributed by atoms with E-state index in [1.54, 1.807) is 12.1 Å². The molecule has 0 unspecified atom stereocenters. The minimum atomic E-state index is -1.13. The maximum atomic E-state index is 13.8. The quantitative estimate of drug-likeness (QED) is 0.803. The number of nitrogens with one attached hydrogen (secondary N) is 1. The number of carboxylic acids is 1. The highest BCUT2D eigenvalue weighted by Crippen LogP contribution is 2.24. The van der Waals surface area contributed by atoms with Gasteiger partial charge in [-0.3, -0.25) is 4.79 Å². The molecule has 0 aliphatic rings. The first-order chi connectivity index (χ1) is 12.0. The van der Waals surface area contributed by atoms with Gasteiger partial charge in [-0.15, -0.1) is 0 Å². The predicted octanol–water partition coefficient (Wildman–Crippen LogP) is 3.28. The highest BCUT2D eigenvalue weighted by molar-refractivity contribution is 5.72. The third-order valence-electron chi connectivity index (χ3n) is 3.46. The number of benzene rings is 2. The number of ether oxygens (including phenoxy) is 2. The fourth-order valence-electron chi connectivity index (χ4n) is 2.23. The van der Waals surface area contributed by atoms with Crippen LogP contribution in [0.2, 0.25) is 0 Å². The van der Waals surface area contributed by atoms with Crippen LogP contribution in [0.3, 0.4) is 0 Å². The zero-order valence-corrected chi connectivity index (χ0v) is 13.6. The van der Waals surface area contributed by atoms with Crippen molar-refractivity contribution in [2.45, 2.75) is 19.1 Å². The van der Waals surface area contributed by atoms with Gasteiger partial charge in [0.2, 0.25) is 0 Å². The van der Waals surface area contributed by atoms with Crippen LogP contribution >= 0.6 is 0 Å². The monoisotopic (exact) mass is 347 g/mol. The summed E-state index contributed by atoms with van der Waals surface area (Å²) < 4.78 is 23.7. The molecule has 2 rings (SSSR count). The topological polar surface area (TPSA) is 84.9 Å².